The minimum absolute atomic E-state index is 0.0262. The lowest BCUT2D eigenvalue weighted by Crippen LogP contribution is -2.47. The Morgan fingerprint density at radius 2 is 1.78 bits per heavy atom. The van der Waals surface area contributed by atoms with E-state index in [0.29, 0.717) is 12.1 Å². The molecule has 172 valence electrons. The monoisotopic (exact) mass is 457 g/mol. The fourth-order valence-electron chi connectivity index (χ4n) is 4.03. The number of nitrogens with one attached hydrogen (secondary N) is 2. The van der Waals surface area contributed by atoms with Crippen molar-refractivity contribution in [3.05, 3.63) is 53.6 Å². The molecular weight excluding hydrogens is 426 g/mol. The summed E-state index contributed by atoms with van der Waals surface area (Å²) in [7, 11) is -3.94. The van der Waals surface area contributed by atoms with Gasteiger partial charge in [0.15, 0.2) is 0 Å². The zero-order valence-corrected chi connectivity index (χ0v) is 20.0. The van der Waals surface area contributed by atoms with Gasteiger partial charge in [-0.05, 0) is 67.1 Å². The van der Waals surface area contributed by atoms with Gasteiger partial charge in [0.2, 0.25) is 21.8 Å². The highest BCUT2D eigenvalue weighted by Crippen LogP contribution is 2.34. The van der Waals surface area contributed by atoms with E-state index in [0.717, 1.165) is 23.2 Å². The van der Waals surface area contributed by atoms with Crippen LogP contribution < -0.4 is 14.9 Å². The van der Waals surface area contributed by atoms with E-state index in [1.165, 1.54) is 13.0 Å². The average molecular weight is 458 g/mol. The summed E-state index contributed by atoms with van der Waals surface area (Å²) in [6, 6.07) is 11.3. The lowest BCUT2D eigenvalue weighted by molar-refractivity contribution is -0.118. The Balaban J connectivity index is 1.80. The molecule has 3 rings (SSSR count). The van der Waals surface area contributed by atoms with Crippen LogP contribution in [0.2, 0.25) is 0 Å². The molecule has 0 saturated carbocycles. The Morgan fingerprint density at radius 1 is 1.12 bits per heavy atom. The first kappa shape index (κ1) is 23.9. The first-order valence-corrected chi connectivity index (χ1v) is 12.4. The Hall–Kier alpha value is -2.71. The predicted molar refractivity (Wildman–Crippen MR) is 126 cm³/mol. The Labute approximate surface area is 190 Å². The molecule has 7 nitrogen and oxygen atoms in total. The highest BCUT2D eigenvalue weighted by Gasteiger charge is 2.32. The van der Waals surface area contributed by atoms with Crippen molar-refractivity contribution in [3.63, 3.8) is 0 Å². The molecule has 0 aliphatic carbocycles. The van der Waals surface area contributed by atoms with Crippen LogP contribution in [0, 0.1) is 5.92 Å². The summed E-state index contributed by atoms with van der Waals surface area (Å²) < 4.78 is 28.8. The number of anilines is 2. The molecule has 1 aliphatic rings. The van der Waals surface area contributed by atoms with E-state index in [2.05, 4.69) is 17.0 Å². The molecule has 0 spiro atoms. The Bertz CT molecular complexity index is 1110. The fraction of sp³-hybridized carbons (Fsp3) is 0.417. The minimum Gasteiger partial charge on any atom is -0.325 e. The van der Waals surface area contributed by atoms with Gasteiger partial charge in [-0.2, -0.15) is 4.72 Å². The normalized spacial score (nSPS) is 16.7. The molecule has 1 heterocycles. The number of benzene rings is 2. The van der Waals surface area contributed by atoms with Gasteiger partial charge in [-0.15, -0.1) is 0 Å². The third kappa shape index (κ3) is 5.02. The minimum atomic E-state index is -3.94. The molecule has 32 heavy (non-hydrogen) atoms. The number of amides is 2. The maximum absolute atomic E-state index is 13.1. The SMILES string of the molecule is CCc1ccc(NC(=O)C(NS(=O)(=O)c2ccc3c(c2)CC(C)N3C(C)=O)C(C)C)cc1. The first-order valence-electron chi connectivity index (χ1n) is 10.9. The predicted octanol–water partition coefficient (Wildman–Crippen LogP) is 3.49. The van der Waals surface area contributed by atoms with Crippen LogP contribution in [0.1, 0.15) is 45.7 Å². The number of carbonyl (C=O) groups is 2. The molecule has 0 aromatic heterocycles. The third-order valence-corrected chi connectivity index (χ3v) is 7.22. The zero-order valence-electron chi connectivity index (χ0n) is 19.2. The van der Waals surface area contributed by atoms with Crippen molar-refractivity contribution in [3.8, 4) is 0 Å². The third-order valence-electron chi connectivity index (χ3n) is 5.78. The maximum Gasteiger partial charge on any atom is 0.242 e. The molecule has 0 saturated heterocycles. The van der Waals surface area contributed by atoms with Crippen molar-refractivity contribution < 1.29 is 18.0 Å². The topological polar surface area (TPSA) is 95.6 Å². The van der Waals surface area contributed by atoms with Crippen LogP contribution in [0.25, 0.3) is 0 Å². The summed E-state index contributed by atoms with van der Waals surface area (Å²) in [4.78, 5) is 26.6. The van der Waals surface area contributed by atoms with Gasteiger partial charge in [-0.1, -0.05) is 32.9 Å². The van der Waals surface area contributed by atoms with Crippen molar-refractivity contribution in [1.82, 2.24) is 4.72 Å². The number of carbonyl (C=O) groups excluding carboxylic acids is 2. The van der Waals surface area contributed by atoms with Gasteiger partial charge in [0.25, 0.3) is 0 Å². The average Bonchev–Trinajstić information content (AvgIpc) is 3.07. The van der Waals surface area contributed by atoms with Crippen molar-refractivity contribution in [2.75, 3.05) is 10.2 Å². The molecule has 2 atom stereocenters. The summed E-state index contributed by atoms with van der Waals surface area (Å²) in [6.07, 6.45) is 1.48. The van der Waals surface area contributed by atoms with Crippen molar-refractivity contribution >= 4 is 33.2 Å². The molecular formula is C24H31N3O4S. The van der Waals surface area contributed by atoms with Crippen LogP contribution in [0.15, 0.2) is 47.4 Å². The standard InChI is InChI=1S/C24H31N3O4S/c1-6-18-7-9-20(10-8-18)25-24(29)23(15(2)3)26-32(30,31)21-11-12-22-19(14-21)13-16(4)27(22)17(5)28/h7-12,14-16,23,26H,6,13H2,1-5H3,(H,25,29). The molecule has 2 amide bonds. The van der Waals surface area contributed by atoms with Gasteiger partial charge in [0.1, 0.15) is 6.04 Å². The van der Waals surface area contributed by atoms with E-state index in [1.54, 1.807) is 30.9 Å². The van der Waals surface area contributed by atoms with Crippen LogP contribution in [-0.4, -0.2) is 32.3 Å². The van der Waals surface area contributed by atoms with Crippen molar-refractivity contribution in [1.29, 1.82) is 0 Å². The molecule has 0 bridgehead atoms. The molecule has 1 aliphatic heterocycles. The quantitative estimate of drug-likeness (QED) is 0.665. The second-order valence-corrected chi connectivity index (χ2v) is 10.3. The van der Waals surface area contributed by atoms with E-state index in [4.69, 9.17) is 0 Å². The van der Waals surface area contributed by atoms with Gasteiger partial charge in [0.05, 0.1) is 4.90 Å². The highest BCUT2D eigenvalue weighted by atomic mass is 32.2. The van der Waals surface area contributed by atoms with Crippen LogP contribution in [-0.2, 0) is 32.5 Å². The van der Waals surface area contributed by atoms with Gasteiger partial charge in [-0.25, -0.2) is 8.42 Å². The van der Waals surface area contributed by atoms with Crippen molar-refractivity contribution in [2.24, 2.45) is 5.92 Å². The summed E-state index contributed by atoms with van der Waals surface area (Å²) in [5.74, 6) is -0.749. The second-order valence-electron chi connectivity index (χ2n) is 8.62. The number of hydrogen-bond acceptors (Lipinski definition) is 4. The molecule has 2 aromatic carbocycles. The van der Waals surface area contributed by atoms with E-state index in [9.17, 15) is 18.0 Å². The maximum atomic E-state index is 13.1. The zero-order chi connectivity index (χ0) is 23.6. The van der Waals surface area contributed by atoms with E-state index in [-0.39, 0.29) is 22.8 Å². The van der Waals surface area contributed by atoms with E-state index in [1.807, 2.05) is 31.2 Å². The molecule has 2 unspecified atom stereocenters. The Morgan fingerprint density at radius 3 is 2.34 bits per heavy atom. The smallest absolute Gasteiger partial charge is 0.242 e. The van der Waals surface area contributed by atoms with Crippen molar-refractivity contribution in [2.45, 2.75) is 64.4 Å². The number of sulfonamides is 1. The molecule has 0 radical (unpaired) electrons. The number of fused-ring (bicyclic) bond motifs is 1. The second kappa shape index (κ2) is 9.42. The number of rotatable bonds is 7. The van der Waals surface area contributed by atoms with Crippen LogP contribution in [0.4, 0.5) is 11.4 Å². The van der Waals surface area contributed by atoms with Crippen LogP contribution in [0.5, 0.6) is 0 Å². The summed E-state index contributed by atoms with van der Waals surface area (Å²) in [6.45, 7) is 9.07. The summed E-state index contributed by atoms with van der Waals surface area (Å²) in [5, 5.41) is 2.80. The lowest BCUT2D eigenvalue weighted by atomic mass is 10.0. The molecule has 2 N–H and O–H groups in total. The van der Waals surface area contributed by atoms with E-state index < -0.39 is 22.0 Å². The van der Waals surface area contributed by atoms with Gasteiger partial charge in [0, 0.05) is 24.3 Å². The number of hydrogen-bond donors (Lipinski definition) is 2. The van der Waals surface area contributed by atoms with Gasteiger partial charge < -0.3 is 10.2 Å². The number of nitrogens with zero attached hydrogens (tertiary/aromatic N) is 1. The van der Waals surface area contributed by atoms with Gasteiger partial charge >= 0.3 is 0 Å². The van der Waals surface area contributed by atoms with E-state index >= 15 is 0 Å². The summed E-state index contributed by atoms with van der Waals surface area (Å²) in [5.41, 5.74) is 3.31. The molecule has 0 fully saturated rings. The lowest BCUT2D eigenvalue weighted by Gasteiger charge is -2.22. The fourth-order valence-corrected chi connectivity index (χ4v) is 5.42. The molecule has 2 aromatic rings. The highest BCUT2D eigenvalue weighted by molar-refractivity contribution is 7.89. The number of aryl methyl sites for hydroxylation is 1. The summed E-state index contributed by atoms with van der Waals surface area (Å²) >= 11 is 0. The first-order chi connectivity index (χ1) is 15.0. The Kier molecular flexibility index (Phi) is 7.05. The largest absolute Gasteiger partial charge is 0.325 e. The molecule has 8 heteroatoms. The van der Waals surface area contributed by atoms with Gasteiger partial charge in [-0.3, -0.25) is 9.59 Å². The van der Waals surface area contributed by atoms with Crippen LogP contribution in [0.3, 0.4) is 0 Å². The van der Waals surface area contributed by atoms with Crippen LogP contribution >= 0.6 is 0 Å².